The average molecular weight is 303 g/mol. The molecule has 4 saturated carbocycles. The Kier molecular flexibility index (Phi) is 3.18. The van der Waals surface area contributed by atoms with Crippen molar-refractivity contribution in [3.8, 4) is 0 Å². The highest BCUT2D eigenvalue weighted by Crippen LogP contribution is 2.71. The minimum absolute atomic E-state index is 0.315. The minimum Gasteiger partial charge on any atom is -0.299 e. The van der Waals surface area contributed by atoms with Gasteiger partial charge in [0, 0.05) is 12.3 Å². The molecule has 0 aromatic carbocycles. The van der Waals surface area contributed by atoms with Gasteiger partial charge in [0.05, 0.1) is 0 Å². The minimum atomic E-state index is 0.315. The molecule has 124 valence electrons. The number of hydrogen-bond donors (Lipinski definition) is 0. The molecule has 0 aromatic heterocycles. The molecule has 0 aromatic rings. The van der Waals surface area contributed by atoms with Crippen molar-refractivity contribution in [1.82, 2.24) is 0 Å². The van der Waals surface area contributed by atoms with Crippen molar-refractivity contribution in [2.24, 2.45) is 39.9 Å². The van der Waals surface area contributed by atoms with E-state index in [4.69, 9.17) is 0 Å². The van der Waals surface area contributed by atoms with Crippen LogP contribution in [0.5, 0.6) is 0 Å². The molecule has 1 nitrogen and oxygen atoms in total. The number of carbonyl (C=O) groups excluding carboxylic acids is 1. The maximum absolute atomic E-state index is 12.6. The first-order valence-corrected chi connectivity index (χ1v) is 9.85. The van der Waals surface area contributed by atoms with Crippen molar-refractivity contribution < 1.29 is 4.79 Å². The molecule has 0 bridgehead atoms. The summed E-state index contributed by atoms with van der Waals surface area (Å²) in [7, 11) is 0. The second-order valence-electron chi connectivity index (χ2n) is 10.1. The van der Waals surface area contributed by atoms with Gasteiger partial charge in [0.25, 0.3) is 0 Å². The fourth-order valence-electron chi connectivity index (χ4n) is 8.11. The zero-order valence-electron chi connectivity index (χ0n) is 15.1. The number of carbonyl (C=O) groups is 1. The molecule has 0 aliphatic heterocycles. The Bertz CT molecular complexity index is 496. The van der Waals surface area contributed by atoms with Crippen LogP contribution in [0.3, 0.4) is 0 Å². The van der Waals surface area contributed by atoms with E-state index in [9.17, 15) is 4.79 Å². The first kappa shape index (κ1) is 15.2. The predicted molar refractivity (Wildman–Crippen MR) is 90.5 cm³/mol. The molecule has 4 aliphatic carbocycles. The Morgan fingerprint density at radius 2 is 1.50 bits per heavy atom. The summed E-state index contributed by atoms with van der Waals surface area (Å²) in [6.45, 7) is 10.2. The van der Waals surface area contributed by atoms with Crippen LogP contribution >= 0.6 is 0 Å². The Hall–Kier alpha value is -0.330. The van der Waals surface area contributed by atoms with Crippen LogP contribution in [0.15, 0.2) is 0 Å². The molecular formula is C21H34O. The van der Waals surface area contributed by atoms with Gasteiger partial charge in [-0.2, -0.15) is 0 Å². The number of Topliss-reactive ketones (excluding diaryl/α,β-unsaturated/α-hetero) is 1. The number of fused-ring (bicyclic) bond motifs is 5. The topological polar surface area (TPSA) is 17.1 Å². The molecule has 0 spiro atoms. The second-order valence-corrected chi connectivity index (χ2v) is 10.1. The van der Waals surface area contributed by atoms with Gasteiger partial charge in [0.2, 0.25) is 0 Å². The van der Waals surface area contributed by atoms with Gasteiger partial charge in [-0.1, -0.05) is 27.7 Å². The van der Waals surface area contributed by atoms with E-state index in [-0.39, 0.29) is 0 Å². The van der Waals surface area contributed by atoms with Crippen molar-refractivity contribution in [2.45, 2.75) is 85.5 Å². The molecule has 4 rings (SSSR count). The highest BCUT2D eigenvalue weighted by atomic mass is 16.1. The number of ketones is 1. The summed E-state index contributed by atoms with van der Waals surface area (Å²) in [5.41, 5.74) is 1.39. The summed E-state index contributed by atoms with van der Waals surface area (Å²) >= 11 is 0. The lowest BCUT2D eigenvalue weighted by atomic mass is 9.39. The lowest BCUT2D eigenvalue weighted by Gasteiger charge is -2.65. The lowest BCUT2D eigenvalue weighted by Crippen LogP contribution is -2.59. The van der Waals surface area contributed by atoms with E-state index < -0.39 is 0 Å². The predicted octanol–water partition coefficient (Wildman–Crippen LogP) is 5.62. The smallest absolute Gasteiger partial charge is 0.136 e. The van der Waals surface area contributed by atoms with Gasteiger partial charge < -0.3 is 0 Å². The monoisotopic (exact) mass is 302 g/mol. The zero-order valence-corrected chi connectivity index (χ0v) is 15.1. The van der Waals surface area contributed by atoms with Crippen molar-refractivity contribution in [1.29, 1.82) is 0 Å². The number of hydrogen-bond acceptors (Lipinski definition) is 1. The largest absolute Gasteiger partial charge is 0.299 e. The van der Waals surface area contributed by atoms with E-state index >= 15 is 0 Å². The maximum Gasteiger partial charge on any atom is 0.136 e. The normalized spacial score (nSPS) is 57.9. The van der Waals surface area contributed by atoms with Crippen LogP contribution in [0.25, 0.3) is 0 Å². The third kappa shape index (κ3) is 1.69. The summed E-state index contributed by atoms with van der Waals surface area (Å²) in [6, 6.07) is 0. The Morgan fingerprint density at radius 1 is 0.818 bits per heavy atom. The summed E-state index contributed by atoms with van der Waals surface area (Å²) in [5, 5.41) is 0. The molecule has 4 aliphatic rings. The molecule has 0 saturated heterocycles. The summed E-state index contributed by atoms with van der Waals surface area (Å²) < 4.78 is 0. The molecule has 0 N–H and O–H groups in total. The highest BCUT2D eigenvalue weighted by molar-refractivity contribution is 5.82. The Morgan fingerprint density at radius 3 is 2.27 bits per heavy atom. The molecule has 4 fully saturated rings. The van der Waals surface area contributed by atoms with E-state index in [1.165, 1.54) is 44.9 Å². The maximum atomic E-state index is 12.6. The van der Waals surface area contributed by atoms with Crippen LogP contribution in [-0.2, 0) is 4.79 Å². The molecule has 7 atom stereocenters. The zero-order chi connectivity index (χ0) is 15.8. The highest BCUT2D eigenvalue weighted by Gasteiger charge is 2.64. The lowest BCUT2D eigenvalue weighted by molar-refractivity contribution is -0.171. The Balaban J connectivity index is 1.73. The summed E-state index contributed by atoms with van der Waals surface area (Å²) in [4.78, 5) is 12.6. The van der Waals surface area contributed by atoms with Crippen LogP contribution in [0, 0.1) is 39.9 Å². The van der Waals surface area contributed by atoms with Gasteiger partial charge in [-0.05, 0) is 85.4 Å². The summed E-state index contributed by atoms with van der Waals surface area (Å²) in [5.74, 6) is 3.59. The van der Waals surface area contributed by atoms with Gasteiger partial charge in [-0.15, -0.1) is 0 Å². The molecule has 1 unspecified atom stereocenters. The molecule has 0 heterocycles. The van der Waals surface area contributed by atoms with E-state index in [2.05, 4.69) is 27.7 Å². The average Bonchev–Trinajstić information content (AvgIpc) is 2.75. The fraction of sp³-hybridized carbons (Fsp3) is 0.952. The van der Waals surface area contributed by atoms with Crippen molar-refractivity contribution in [2.75, 3.05) is 0 Å². The van der Waals surface area contributed by atoms with Gasteiger partial charge in [0.15, 0.2) is 0 Å². The third-order valence-electron chi connectivity index (χ3n) is 9.47. The van der Waals surface area contributed by atoms with E-state index in [1.54, 1.807) is 0 Å². The molecule has 0 radical (unpaired) electrons. The Labute approximate surface area is 136 Å². The number of rotatable bonds is 0. The SMILES string of the molecule is CC1CC[C@H]2[C@]3(C)CC[C@H]4C(=O)CCC[C@]4(C)[C@H]3CC[C@]12C. The molecule has 1 heteroatoms. The van der Waals surface area contributed by atoms with Gasteiger partial charge in [-0.3, -0.25) is 4.79 Å². The van der Waals surface area contributed by atoms with E-state index in [1.807, 2.05) is 0 Å². The molecular weight excluding hydrogens is 268 g/mol. The van der Waals surface area contributed by atoms with Crippen molar-refractivity contribution in [3.63, 3.8) is 0 Å². The quantitative estimate of drug-likeness (QED) is 0.567. The first-order chi connectivity index (χ1) is 10.3. The first-order valence-electron chi connectivity index (χ1n) is 9.85. The van der Waals surface area contributed by atoms with Crippen LogP contribution in [0.1, 0.15) is 85.5 Å². The van der Waals surface area contributed by atoms with Crippen LogP contribution < -0.4 is 0 Å². The van der Waals surface area contributed by atoms with E-state index in [0.717, 1.165) is 30.6 Å². The molecule has 0 amide bonds. The van der Waals surface area contributed by atoms with E-state index in [0.29, 0.717) is 27.9 Å². The fourth-order valence-corrected chi connectivity index (χ4v) is 8.11. The standard InChI is InChI=1S/C21H34O/c1-14-7-8-17-19(14,2)13-10-18-20(3)11-5-6-16(22)15(20)9-12-21(17,18)4/h14-15,17-18H,5-13H2,1-4H3/t14?,15-,17+,18+,19+,20-,21-/m0/s1. The van der Waals surface area contributed by atoms with Crippen LogP contribution in [-0.4, -0.2) is 5.78 Å². The summed E-state index contributed by atoms with van der Waals surface area (Å²) in [6.07, 6.45) is 11.5. The second kappa shape index (κ2) is 4.61. The third-order valence-corrected chi connectivity index (χ3v) is 9.47. The molecule has 22 heavy (non-hydrogen) atoms. The van der Waals surface area contributed by atoms with Gasteiger partial charge >= 0.3 is 0 Å². The van der Waals surface area contributed by atoms with Gasteiger partial charge in [-0.25, -0.2) is 0 Å². The van der Waals surface area contributed by atoms with Crippen LogP contribution in [0.2, 0.25) is 0 Å². The van der Waals surface area contributed by atoms with Crippen molar-refractivity contribution in [3.05, 3.63) is 0 Å². The van der Waals surface area contributed by atoms with Gasteiger partial charge in [0.1, 0.15) is 5.78 Å². The van der Waals surface area contributed by atoms with Crippen molar-refractivity contribution >= 4 is 5.78 Å². The van der Waals surface area contributed by atoms with Crippen LogP contribution in [0.4, 0.5) is 0 Å².